The lowest BCUT2D eigenvalue weighted by Gasteiger charge is -2.05. The fourth-order valence-electron chi connectivity index (χ4n) is 1.47. The lowest BCUT2D eigenvalue weighted by Crippen LogP contribution is -1.86. The van der Waals surface area contributed by atoms with Crippen LogP contribution in [-0.4, -0.2) is 4.98 Å². The predicted octanol–water partition coefficient (Wildman–Crippen LogP) is 3.81. The smallest absolute Gasteiger partial charge is 0.125 e. The van der Waals surface area contributed by atoms with E-state index in [-0.39, 0.29) is 0 Å². The van der Waals surface area contributed by atoms with E-state index in [0.29, 0.717) is 10.8 Å². The second kappa shape index (κ2) is 4.46. The van der Waals surface area contributed by atoms with E-state index < -0.39 is 0 Å². The summed E-state index contributed by atoms with van der Waals surface area (Å²) in [5.74, 6) is 0.542. The van der Waals surface area contributed by atoms with Crippen molar-refractivity contribution in [2.45, 2.75) is 19.8 Å². The van der Waals surface area contributed by atoms with Crippen LogP contribution >= 0.6 is 11.3 Å². The Hall–Kier alpha value is -1.66. The summed E-state index contributed by atoms with van der Waals surface area (Å²) in [6.07, 6.45) is 1.62. The molecule has 2 rings (SSSR count). The van der Waals surface area contributed by atoms with Gasteiger partial charge in [0.25, 0.3) is 0 Å². The first kappa shape index (κ1) is 10.8. The summed E-state index contributed by atoms with van der Waals surface area (Å²) >= 11 is 1.43. The molecular formula is C13H12N2S. The summed E-state index contributed by atoms with van der Waals surface area (Å²) in [6, 6.07) is 10.5. The van der Waals surface area contributed by atoms with Gasteiger partial charge >= 0.3 is 0 Å². The molecule has 0 unspecified atom stereocenters. The van der Waals surface area contributed by atoms with Crippen molar-refractivity contribution < 1.29 is 0 Å². The Bertz CT molecular complexity index is 518. The van der Waals surface area contributed by atoms with Gasteiger partial charge in [0.05, 0.1) is 6.20 Å². The maximum Gasteiger partial charge on any atom is 0.125 e. The number of nitriles is 1. The maximum atomic E-state index is 8.74. The van der Waals surface area contributed by atoms with E-state index in [1.807, 2.05) is 0 Å². The van der Waals surface area contributed by atoms with Crippen molar-refractivity contribution in [1.82, 2.24) is 4.98 Å². The van der Waals surface area contributed by atoms with E-state index in [9.17, 15) is 0 Å². The average molecular weight is 228 g/mol. The molecule has 2 aromatic rings. The van der Waals surface area contributed by atoms with Gasteiger partial charge in [-0.05, 0) is 11.5 Å². The van der Waals surface area contributed by atoms with E-state index in [1.165, 1.54) is 16.9 Å². The zero-order valence-corrected chi connectivity index (χ0v) is 10.1. The van der Waals surface area contributed by atoms with Gasteiger partial charge in [-0.1, -0.05) is 38.1 Å². The molecular weight excluding hydrogens is 216 g/mol. The standard InChI is InChI=1S/C13H12N2S/c1-9(2)10-3-5-11(6-4-10)13-15-8-12(7-14)16-13/h3-6,8-9H,1-2H3. The molecule has 0 aliphatic carbocycles. The van der Waals surface area contributed by atoms with Crippen LogP contribution in [0.15, 0.2) is 30.5 Å². The summed E-state index contributed by atoms with van der Waals surface area (Å²) in [5, 5.41) is 9.64. The van der Waals surface area contributed by atoms with Crippen LogP contribution in [0.2, 0.25) is 0 Å². The number of benzene rings is 1. The van der Waals surface area contributed by atoms with E-state index in [1.54, 1.807) is 6.20 Å². The molecule has 0 aliphatic rings. The van der Waals surface area contributed by atoms with E-state index in [2.05, 4.69) is 49.2 Å². The highest BCUT2D eigenvalue weighted by atomic mass is 32.1. The third-order valence-corrected chi connectivity index (χ3v) is 3.39. The zero-order chi connectivity index (χ0) is 11.5. The quantitative estimate of drug-likeness (QED) is 0.783. The largest absolute Gasteiger partial charge is 0.243 e. The molecule has 0 saturated carbocycles. The second-order valence-corrected chi connectivity index (χ2v) is 4.95. The summed E-state index contributed by atoms with van der Waals surface area (Å²) in [4.78, 5) is 4.88. The fraction of sp³-hybridized carbons (Fsp3) is 0.231. The van der Waals surface area contributed by atoms with Crippen molar-refractivity contribution in [1.29, 1.82) is 5.26 Å². The topological polar surface area (TPSA) is 36.7 Å². The Morgan fingerprint density at radius 1 is 1.25 bits per heavy atom. The second-order valence-electron chi connectivity index (χ2n) is 3.92. The molecule has 0 N–H and O–H groups in total. The van der Waals surface area contributed by atoms with Crippen molar-refractivity contribution in [2.24, 2.45) is 0 Å². The van der Waals surface area contributed by atoms with E-state index in [0.717, 1.165) is 10.6 Å². The normalized spacial score (nSPS) is 10.4. The number of nitrogens with zero attached hydrogens (tertiary/aromatic N) is 2. The molecule has 1 aromatic carbocycles. The summed E-state index contributed by atoms with van der Waals surface area (Å²) in [7, 11) is 0. The third-order valence-electron chi connectivity index (χ3n) is 2.44. The van der Waals surface area contributed by atoms with Crippen molar-refractivity contribution in [3.05, 3.63) is 40.9 Å². The van der Waals surface area contributed by atoms with Gasteiger partial charge in [-0.15, -0.1) is 11.3 Å². The molecule has 1 heterocycles. The van der Waals surface area contributed by atoms with Crippen LogP contribution in [0.4, 0.5) is 0 Å². The van der Waals surface area contributed by atoms with Crippen LogP contribution in [0.3, 0.4) is 0 Å². The molecule has 0 amide bonds. The molecule has 2 nitrogen and oxygen atoms in total. The van der Waals surface area contributed by atoms with E-state index >= 15 is 0 Å². The monoisotopic (exact) mass is 228 g/mol. The summed E-state index contributed by atoms with van der Waals surface area (Å²) in [6.45, 7) is 4.35. The third kappa shape index (κ3) is 2.12. The van der Waals surface area contributed by atoms with Gasteiger partial charge in [-0.3, -0.25) is 0 Å². The van der Waals surface area contributed by atoms with Crippen molar-refractivity contribution in [3.63, 3.8) is 0 Å². The lowest BCUT2D eigenvalue weighted by atomic mass is 10.0. The van der Waals surface area contributed by atoms with Crippen molar-refractivity contribution in [3.8, 4) is 16.6 Å². The molecule has 3 heteroatoms. The summed E-state index contributed by atoms with van der Waals surface area (Å²) < 4.78 is 0. The number of thiazole rings is 1. The van der Waals surface area contributed by atoms with Gasteiger partial charge in [-0.25, -0.2) is 4.98 Å². The van der Waals surface area contributed by atoms with Gasteiger partial charge in [0.2, 0.25) is 0 Å². The zero-order valence-electron chi connectivity index (χ0n) is 9.27. The van der Waals surface area contributed by atoms with E-state index in [4.69, 9.17) is 5.26 Å². The van der Waals surface area contributed by atoms with Crippen LogP contribution in [0.25, 0.3) is 10.6 Å². The van der Waals surface area contributed by atoms with Gasteiger partial charge in [0, 0.05) is 5.56 Å². The van der Waals surface area contributed by atoms with Crippen LogP contribution in [-0.2, 0) is 0 Å². The first-order chi connectivity index (χ1) is 7.70. The van der Waals surface area contributed by atoms with Crippen LogP contribution < -0.4 is 0 Å². The summed E-state index contributed by atoms with van der Waals surface area (Å²) in [5.41, 5.74) is 2.40. The number of aromatic nitrogens is 1. The highest BCUT2D eigenvalue weighted by Gasteiger charge is 2.05. The molecule has 0 fully saturated rings. The number of hydrogen-bond donors (Lipinski definition) is 0. The molecule has 16 heavy (non-hydrogen) atoms. The lowest BCUT2D eigenvalue weighted by molar-refractivity contribution is 0.867. The molecule has 0 bridgehead atoms. The molecule has 80 valence electrons. The number of rotatable bonds is 2. The Balaban J connectivity index is 2.31. The highest BCUT2D eigenvalue weighted by molar-refractivity contribution is 7.15. The first-order valence-electron chi connectivity index (χ1n) is 5.17. The van der Waals surface area contributed by atoms with Crippen molar-refractivity contribution in [2.75, 3.05) is 0 Å². The molecule has 0 saturated heterocycles. The van der Waals surface area contributed by atoms with Gasteiger partial charge in [-0.2, -0.15) is 5.26 Å². The van der Waals surface area contributed by atoms with Crippen LogP contribution in [0, 0.1) is 11.3 Å². The highest BCUT2D eigenvalue weighted by Crippen LogP contribution is 2.26. The molecule has 0 spiro atoms. The van der Waals surface area contributed by atoms with Gasteiger partial charge < -0.3 is 0 Å². The SMILES string of the molecule is CC(C)c1ccc(-c2ncc(C#N)s2)cc1. The minimum atomic E-state index is 0.542. The maximum absolute atomic E-state index is 8.74. The Morgan fingerprint density at radius 3 is 2.44 bits per heavy atom. The van der Waals surface area contributed by atoms with Crippen LogP contribution in [0.1, 0.15) is 30.2 Å². The Labute approximate surface area is 99.2 Å². The van der Waals surface area contributed by atoms with Crippen LogP contribution in [0.5, 0.6) is 0 Å². The van der Waals surface area contributed by atoms with Gasteiger partial charge in [0.1, 0.15) is 16.0 Å². The fourth-order valence-corrected chi connectivity index (χ4v) is 2.19. The minimum Gasteiger partial charge on any atom is -0.243 e. The molecule has 0 atom stereocenters. The van der Waals surface area contributed by atoms with Gasteiger partial charge in [0.15, 0.2) is 0 Å². The minimum absolute atomic E-state index is 0.542. The number of hydrogen-bond acceptors (Lipinski definition) is 3. The average Bonchev–Trinajstić information content (AvgIpc) is 2.77. The molecule has 0 radical (unpaired) electrons. The van der Waals surface area contributed by atoms with Crippen molar-refractivity contribution >= 4 is 11.3 Å². The Morgan fingerprint density at radius 2 is 1.94 bits per heavy atom. The molecule has 1 aromatic heterocycles. The molecule has 0 aliphatic heterocycles. The predicted molar refractivity (Wildman–Crippen MR) is 66.4 cm³/mol. The Kier molecular flexibility index (Phi) is 3.02. The first-order valence-corrected chi connectivity index (χ1v) is 5.98.